The van der Waals surface area contributed by atoms with Crippen LogP contribution >= 0.6 is 0 Å². The molecule has 1 aromatic carbocycles. The van der Waals surface area contributed by atoms with Crippen LogP contribution in [0, 0.1) is 6.92 Å². The molecule has 0 aliphatic carbocycles. The van der Waals surface area contributed by atoms with E-state index in [9.17, 15) is 13.2 Å². The van der Waals surface area contributed by atoms with Gasteiger partial charge in [-0.1, -0.05) is 24.3 Å². The first-order chi connectivity index (χ1) is 7.89. The molecule has 1 atom stereocenters. The molecule has 2 nitrogen and oxygen atoms in total. The molecule has 96 valence electrons. The van der Waals surface area contributed by atoms with Crippen molar-refractivity contribution in [1.29, 1.82) is 0 Å². The Kier molecular flexibility index (Phi) is 4.16. The van der Waals surface area contributed by atoms with Gasteiger partial charge in [-0.15, -0.1) is 0 Å². The van der Waals surface area contributed by atoms with Crippen LogP contribution in [0.3, 0.4) is 0 Å². The number of ether oxygens (including phenoxy) is 1. The summed E-state index contributed by atoms with van der Waals surface area (Å²) in [6.07, 6.45) is -4.48. The highest BCUT2D eigenvalue weighted by molar-refractivity contribution is 5.33. The standard InChI is InChI=1S/C12H16F3NO/c1-9-6-4-5-7-10(9)11(17-3,8-16-2)12(13,14)15/h4-7,16H,8H2,1-3H3. The number of halogens is 3. The zero-order valence-corrected chi connectivity index (χ0v) is 10.1. The molecule has 0 heterocycles. The molecule has 1 N–H and O–H groups in total. The maximum Gasteiger partial charge on any atom is 0.422 e. The van der Waals surface area contributed by atoms with Crippen molar-refractivity contribution in [3.05, 3.63) is 35.4 Å². The SMILES string of the molecule is CNCC(OC)(c1ccccc1C)C(F)(F)F. The first kappa shape index (κ1) is 14.0. The topological polar surface area (TPSA) is 21.3 Å². The van der Waals surface area contributed by atoms with Gasteiger partial charge < -0.3 is 10.1 Å². The van der Waals surface area contributed by atoms with E-state index in [0.29, 0.717) is 5.56 Å². The summed E-state index contributed by atoms with van der Waals surface area (Å²) in [6, 6.07) is 6.38. The fraction of sp³-hybridized carbons (Fsp3) is 0.500. The smallest absolute Gasteiger partial charge is 0.363 e. The molecule has 0 aliphatic rings. The third-order valence-electron chi connectivity index (χ3n) is 2.81. The first-order valence-electron chi connectivity index (χ1n) is 5.21. The van der Waals surface area contributed by atoms with E-state index in [1.165, 1.54) is 13.1 Å². The molecule has 1 rings (SSSR count). The van der Waals surface area contributed by atoms with Crippen molar-refractivity contribution < 1.29 is 17.9 Å². The van der Waals surface area contributed by atoms with Crippen LogP contribution in [0.2, 0.25) is 0 Å². The maximum absolute atomic E-state index is 13.3. The Morgan fingerprint density at radius 3 is 2.24 bits per heavy atom. The Labute approximate surface area is 98.8 Å². The molecule has 0 aliphatic heterocycles. The van der Waals surface area contributed by atoms with Gasteiger partial charge in [0.1, 0.15) is 0 Å². The predicted molar refractivity (Wildman–Crippen MR) is 59.8 cm³/mol. The van der Waals surface area contributed by atoms with Crippen LogP contribution in [-0.4, -0.2) is 26.9 Å². The first-order valence-corrected chi connectivity index (χ1v) is 5.21. The molecule has 0 saturated heterocycles. The average Bonchev–Trinajstić information content (AvgIpc) is 2.25. The summed E-state index contributed by atoms with van der Waals surface area (Å²) in [5.74, 6) is 0. The number of alkyl halides is 3. The normalized spacial score (nSPS) is 15.6. The summed E-state index contributed by atoms with van der Waals surface area (Å²) in [6.45, 7) is 1.32. The van der Waals surface area contributed by atoms with E-state index in [1.807, 2.05) is 0 Å². The Morgan fingerprint density at radius 1 is 1.24 bits per heavy atom. The molecular formula is C12H16F3NO. The summed E-state index contributed by atoms with van der Waals surface area (Å²) in [5, 5.41) is 2.55. The van der Waals surface area contributed by atoms with Crippen LogP contribution in [0.15, 0.2) is 24.3 Å². The molecule has 0 amide bonds. The number of likely N-dealkylation sites (N-methyl/N-ethyl adjacent to an activating group) is 1. The van der Waals surface area contributed by atoms with Crippen molar-refractivity contribution in [2.75, 3.05) is 20.7 Å². The molecule has 1 unspecified atom stereocenters. The number of methoxy groups -OCH3 is 1. The van der Waals surface area contributed by atoms with Crippen molar-refractivity contribution in [2.45, 2.75) is 18.7 Å². The number of aryl methyl sites for hydroxylation is 1. The Hall–Kier alpha value is -1.07. The summed E-state index contributed by atoms with van der Waals surface area (Å²) in [7, 11) is 2.55. The van der Waals surface area contributed by atoms with Crippen LogP contribution in [0.4, 0.5) is 13.2 Å². The van der Waals surface area contributed by atoms with E-state index >= 15 is 0 Å². The highest BCUT2D eigenvalue weighted by Gasteiger charge is 2.56. The number of rotatable bonds is 4. The number of hydrogen-bond acceptors (Lipinski definition) is 2. The largest absolute Gasteiger partial charge is 0.422 e. The van der Waals surface area contributed by atoms with E-state index in [0.717, 1.165) is 7.11 Å². The van der Waals surface area contributed by atoms with E-state index < -0.39 is 11.8 Å². The summed E-state index contributed by atoms with van der Waals surface area (Å²) < 4.78 is 44.6. The van der Waals surface area contributed by atoms with Crippen molar-refractivity contribution >= 4 is 0 Å². The highest BCUT2D eigenvalue weighted by atomic mass is 19.4. The Bertz CT molecular complexity index is 378. The van der Waals surface area contributed by atoms with Crippen molar-refractivity contribution in [3.8, 4) is 0 Å². The van der Waals surface area contributed by atoms with Gasteiger partial charge in [-0.25, -0.2) is 0 Å². The molecule has 0 spiro atoms. The molecular weight excluding hydrogens is 231 g/mol. The number of hydrogen-bond donors (Lipinski definition) is 1. The Morgan fingerprint density at radius 2 is 1.82 bits per heavy atom. The third kappa shape index (κ3) is 2.45. The van der Waals surface area contributed by atoms with Gasteiger partial charge in [0.2, 0.25) is 5.60 Å². The lowest BCUT2D eigenvalue weighted by Crippen LogP contribution is -2.51. The lowest BCUT2D eigenvalue weighted by molar-refractivity contribution is -0.274. The van der Waals surface area contributed by atoms with Crippen LogP contribution in [-0.2, 0) is 10.3 Å². The van der Waals surface area contributed by atoms with E-state index in [4.69, 9.17) is 4.74 Å². The summed E-state index contributed by atoms with van der Waals surface area (Å²) in [4.78, 5) is 0. The molecule has 0 bridgehead atoms. The van der Waals surface area contributed by atoms with Gasteiger partial charge in [0.25, 0.3) is 0 Å². The van der Waals surface area contributed by atoms with Crippen LogP contribution in [0.1, 0.15) is 11.1 Å². The number of nitrogens with one attached hydrogen (secondary N) is 1. The molecule has 0 fully saturated rings. The second-order valence-corrected chi connectivity index (χ2v) is 3.87. The molecule has 17 heavy (non-hydrogen) atoms. The monoisotopic (exact) mass is 247 g/mol. The lowest BCUT2D eigenvalue weighted by atomic mass is 9.89. The quantitative estimate of drug-likeness (QED) is 0.883. The Balaban J connectivity index is 3.38. The van der Waals surface area contributed by atoms with E-state index in [1.54, 1.807) is 25.1 Å². The zero-order valence-electron chi connectivity index (χ0n) is 10.1. The van der Waals surface area contributed by atoms with Crippen LogP contribution in [0.25, 0.3) is 0 Å². The minimum Gasteiger partial charge on any atom is -0.363 e. The van der Waals surface area contributed by atoms with E-state index in [2.05, 4.69) is 5.32 Å². The minimum atomic E-state index is -4.48. The zero-order chi connectivity index (χ0) is 13.1. The predicted octanol–water partition coefficient (Wildman–Crippen LogP) is 2.62. The van der Waals surface area contributed by atoms with Gasteiger partial charge in [0.05, 0.1) is 0 Å². The summed E-state index contributed by atoms with van der Waals surface area (Å²) >= 11 is 0. The van der Waals surface area contributed by atoms with Gasteiger partial charge in [-0.2, -0.15) is 13.2 Å². The fourth-order valence-electron chi connectivity index (χ4n) is 1.92. The van der Waals surface area contributed by atoms with Crippen LogP contribution < -0.4 is 5.32 Å². The van der Waals surface area contributed by atoms with Gasteiger partial charge >= 0.3 is 6.18 Å². The third-order valence-corrected chi connectivity index (χ3v) is 2.81. The van der Waals surface area contributed by atoms with Crippen molar-refractivity contribution in [3.63, 3.8) is 0 Å². The van der Waals surface area contributed by atoms with E-state index in [-0.39, 0.29) is 12.1 Å². The lowest BCUT2D eigenvalue weighted by Gasteiger charge is -2.35. The molecule has 0 saturated carbocycles. The van der Waals surface area contributed by atoms with Crippen molar-refractivity contribution in [2.24, 2.45) is 0 Å². The van der Waals surface area contributed by atoms with Crippen LogP contribution in [0.5, 0.6) is 0 Å². The molecule has 0 radical (unpaired) electrons. The summed E-state index contributed by atoms with van der Waals surface area (Å²) in [5.41, 5.74) is -1.60. The van der Waals surface area contributed by atoms with Gasteiger partial charge in [-0.3, -0.25) is 0 Å². The second kappa shape index (κ2) is 5.06. The molecule has 1 aromatic rings. The highest BCUT2D eigenvalue weighted by Crippen LogP contribution is 2.42. The maximum atomic E-state index is 13.3. The van der Waals surface area contributed by atoms with Gasteiger partial charge in [0, 0.05) is 13.7 Å². The van der Waals surface area contributed by atoms with Crippen molar-refractivity contribution in [1.82, 2.24) is 5.32 Å². The second-order valence-electron chi connectivity index (χ2n) is 3.87. The minimum absolute atomic E-state index is 0.143. The average molecular weight is 247 g/mol. The fourth-order valence-corrected chi connectivity index (χ4v) is 1.92. The van der Waals surface area contributed by atoms with Gasteiger partial charge in [0.15, 0.2) is 0 Å². The number of benzene rings is 1. The molecule has 0 aromatic heterocycles. The molecule has 5 heteroatoms. The van der Waals surface area contributed by atoms with Gasteiger partial charge in [-0.05, 0) is 25.1 Å².